The maximum absolute atomic E-state index is 13.8. The molecule has 3 rings (SSSR count). The van der Waals surface area contributed by atoms with Gasteiger partial charge in [0.1, 0.15) is 16.7 Å². The lowest BCUT2D eigenvalue weighted by molar-refractivity contribution is 0.155. The molecule has 206 valence electrons. The second-order valence-corrected chi connectivity index (χ2v) is 18.8. The van der Waals surface area contributed by atoms with Gasteiger partial charge in [-0.25, -0.2) is 22.7 Å². The minimum Gasteiger partial charge on any atom is -0.478 e. The highest BCUT2D eigenvalue weighted by Crippen LogP contribution is 2.36. The van der Waals surface area contributed by atoms with Gasteiger partial charge in [-0.3, -0.25) is 0 Å². The number of halogens is 2. The van der Waals surface area contributed by atoms with Crippen LogP contribution in [0, 0.1) is 0 Å². The van der Waals surface area contributed by atoms with E-state index in [4.69, 9.17) is 32.7 Å². The summed E-state index contributed by atoms with van der Waals surface area (Å²) >= 11 is 13.7. The fraction of sp³-hybridized carbons (Fsp3) is 0.360. The Balaban J connectivity index is 1.91. The third-order valence-electron chi connectivity index (χ3n) is 5.39. The number of methoxy groups -OCH3 is 1. The number of sulfonamides is 1. The Hall–Kier alpha value is -1.86. The van der Waals surface area contributed by atoms with Gasteiger partial charge in [-0.1, -0.05) is 79.2 Å². The van der Waals surface area contributed by atoms with Crippen LogP contribution in [0.1, 0.15) is 11.7 Å². The van der Waals surface area contributed by atoms with Crippen molar-refractivity contribution < 1.29 is 23.0 Å². The Morgan fingerprint density at radius 2 is 1.82 bits per heavy atom. The Kier molecular flexibility index (Phi) is 10.9. The van der Waals surface area contributed by atoms with Crippen molar-refractivity contribution in [2.24, 2.45) is 0 Å². The van der Waals surface area contributed by atoms with Crippen molar-refractivity contribution in [3.05, 3.63) is 70.3 Å². The summed E-state index contributed by atoms with van der Waals surface area (Å²) in [5, 5.41) is 10.9. The minimum atomic E-state index is -4.26. The third kappa shape index (κ3) is 8.07. The molecule has 0 bridgehead atoms. The number of hydrogen-bond acceptors (Lipinski definition) is 8. The predicted molar refractivity (Wildman–Crippen MR) is 156 cm³/mol. The van der Waals surface area contributed by atoms with Gasteiger partial charge in [-0.2, -0.15) is 0 Å². The van der Waals surface area contributed by atoms with E-state index in [9.17, 15) is 13.5 Å². The molecule has 0 saturated carbocycles. The number of nitrogens with zero attached hydrogens (tertiary/aromatic N) is 3. The quantitative estimate of drug-likeness (QED) is 0.106. The first kappa shape index (κ1) is 30.7. The van der Waals surface area contributed by atoms with Crippen LogP contribution >= 0.6 is 35.0 Å². The Morgan fingerprint density at radius 1 is 1.11 bits per heavy atom. The largest absolute Gasteiger partial charge is 0.478 e. The summed E-state index contributed by atoms with van der Waals surface area (Å²) in [5.41, 5.74) is 0.780. The lowest BCUT2D eigenvalue weighted by atomic mass is 10.1. The van der Waals surface area contributed by atoms with E-state index >= 15 is 0 Å². The second-order valence-electron chi connectivity index (χ2n) is 9.53. The number of thioether (sulfide) groups is 1. The van der Waals surface area contributed by atoms with E-state index in [1.807, 2.05) is 30.3 Å². The standard InChI is InChI=1S/C25H31Cl2N3O5S2Si/c1-34-25-24(28-15-22(29-25)36-16-20(31)18-9-6-5-7-10-18)30(17-35-13-14-38(2,3)4)37(32,33)21-12-8-11-19(26)23(21)27/h5-12,15,20,31H,13-14,16-17H2,1-4H3. The summed E-state index contributed by atoms with van der Waals surface area (Å²) in [4.78, 5) is 8.64. The van der Waals surface area contributed by atoms with Crippen molar-refractivity contribution in [1.82, 2.24) is 9.97 Å². The lowest BCUT2D eigenvalue weighted by Crippen LogP contribution is -2.35. The van der Waals surface area contributed by atoms with Gasteiger partial charge in [0, 0.05) is 20.4 Å². The van der Waals surface area contributed by atoms with Crippen molar-refractivity contribution in [2.45, 2.75) is 41.7 Å². The van der Waals surface area contributed by atoms with Crippen LogP contribution in [0.15, 0.2) is 64.6 Å². The number of aliphatic hydroxyl groups excluding tert-OH is 1. The number of ether oxygens (including phenoxy) is 2. The van der Waals surface area contributed by atoms with Crippen LogP contribution in [0.2, 0.25) is 35.7 Å². The fourth-order valence-corrected chi connectivity index (χ4v) is 6.83. The topological polar surface area (TPSA) is 102 Å². The van der Waals surface area contributed by atoms with Gasteiger partial charge in [0.25, 0.3) is 15.9 Å². The van der Waals surface area contributed by atoms with Crippen molar-refractivity contribution >= 4 is 58.9 Å². The average molecular weight is 617 g/mol. The molecule has 0 saturated heterocycles. The van der Waals surface area contributed by atoms with Crippen LogP contribution in [-0.4, -0.2) is 57.8 Å². The Bertz CT molecular complexity index is 1330. The van der Waals surface area contributed by atoms with Crippen molar-refractivity contribution in [1.29, 1.82) is 0 Å². The van der Waals surface area contributed by atoms with Crippen LogP contribution in [0.25, 0.3) is 0 Å². The summed E-state index contributed by atoms with van der Waals surface area (Å²) in [6.45, 7) is 6.68. The Labute approximate surface area is 239 Å². The summed E-state index contributed by atoms with van der Waals surface area (Å²) in [6.07, 6.45) is 0.722. The highest BCUT2D eigenvalue weighted by atomic mass is 35.5. The molecule has 1 heterocycles. The summed E-state index contributed by atoms with van der Waals surface area (Å²) in [7, 11) is -4.29. The van der Waals surface area contributed by atoms with Crippen LogP contribution < -0.4 is 9.04 Å². The number of hydrogen-bond donors (Lipinski definition) is 1. The molecule has 0 fully saturated rings. The lowest BCUT2D eigenvalue weighted by Gasteiger charge is -2.25. The van der Waals surface area contributed by atoms with Crippen molar-refractivity contribution in [3.63, 3.8) is 0 Å². The monoisotopic (exact) mass is 615 g/mol. The number of aromatic nitrogens is 2. The van der Waals surface area contributed by atoms with Gasteiger partial charge in [0.2, 0.25) is 5.82 Å². The third-order valence-corrected chi connectivity index (χ3v) is 10.8. The first-order valence-corrected chi connectivity index (χ1v) is 18.6. The molecule has 38 heavy (non-hydrogen) atoms. The van der Waals surface area contributed by atoms with Crippen LogP contribution in [0.4, 0.5) is 5.82 Å². The van der Waals surface area contributed by atoms with E-state index in [0.717, 1.165) is 15.9 Å². The molecule has 0 aliphatic rings. The van der Waals surface area contributed by atoms with E-state index in [1.165, 1.54) is 43.3 Å². The summed E-state index contributed by atoms with van der Waals surface area (Å²) in [5.74, 6) is 0.255. The van der Waals surface area contributed by atoms with E-state index in [1.54, 1.807) is 0 Å². The highest BCUT2D eigenvalue weighted by molar-refractivity contribution is 7.99. The van der Waals surface area contributed by atoms with Crippen molar-refractivity contribution in [3.8, 4) is 5.88 Å². The summed E-state index contributed by atoms with van der Waals surface area (Å²) in [6, 6.07) is 14.5. The predicted octanol–water partition coefficient (Wildman–Crippen LogP) is 6.13. The molecule has 0 aliphatic carbocycles. The van der Waals surface area contributed by atoms with Crippen molar-refractivity contribution in [2.75, 3.05) is 30.5 Å². The SMILES string of the molecule is COc1nc(SCC(O)c2ccccc2)cnc1N(COCC[Si](C)(C)C)S(=O)(=O)c1cccc(Cl)c1Cl. The number of benzene rings is 2. The van der Waals surface area contributed by atoms with Gasteiger partial charge in [-0.15, -0.1) is 11.8 Å². The van der Waals surface area contributed by atoms with Crippen LogP contribution in [-0.2, 0) is 14.8 Å². The molecule has 2 aromatic carbocycles. The van der Waals surface area contributed by atoms with Gasteiger partial charge >= 0.3 is 0 Å². The first-order chi connectivity index (χ1) is 17.9. The number of aliphatic hydroxyl groups is 1. The molecule has 1 N–H and O–H groups in total. The zero-order chi connectivity index (χ0) is 27.9. The molecule has 0 amide bonds. The molecule has 0 radical (unpaired) electrons. The smallest absolute Gasteiger partial charge is 0.269 e. The van der Waals surface area contributed by atoms with Gasteiger partial charge in [0.15, 0.2) is 0 Å². The maximum atomic E-state index is 13.8. The molecule has 0 aliphatic heterocycles. The molecule has 1 atom stereocenters. The maximum Gasteiger partial charge on any atom is 0.269 e. The summed E-state index contributed by atoms with van der Waals surface area (Å²) < 4.78 is 39.8. The molecule has 13 heteroatoms. The van der Waals surface area contributed by atoms with E-state index < -0.39 is 24.2 Å². The van der Waals surface area contributed by atoms with Gasteiger partial charge in [-0.05, 0) is 23.7 Å². The molecule has 8 nitrogen and oxygen atoms in total. The first-order valence-electron chi connectivity index (χ1n) is 11.8. The number of rotatable bonds is 13. The number of anilines is 1. The minimum absolute atomic E-state index is 0.0141. The van der Waals surface area contributed by atoms with E-state index in [-0.39, 0.29) is 33.4 Å². The molecule has 1 aromatic heterocycles. The molecular weight excluding hydrogens is 585 g/mol. The molecule has 1 unspecified atom stereocenters. The van der Waals surface area contributed by atoms with Crippen LogP contribution in [0.3, 0.4) is 0 Å². The average Bonchev–Trinajstić information content (AvgIpc) is 2.88. The molecular formula is C25H31Cl2N3O5S2Si. The van der Waals surface area contributed by atoms with Crippen LogP contribution in [0.5, 0.6) is 5.88 Å². The van der Waals surface area contributed by atoms with E-state index in [0.29, 0.717) is 17.4 Å². The zero-order valence-electron chi connectivity index (χ0n) is 21.6. The van der Waals surface area contributed by atoms with Gasteiger partial charge in [0.05, 0.1) is 29.5 Å². The second kappa shape index (κ2) is 13.5. The highest BCUT2D eigenvalue weighted by Gasteiger charge is 2.32. The van der Waals surface area contributed by atoms with Gasteiger partial charge < -0.3 is 14.6 Å². The van der Waals surface area contributed by atoms with E-state index in [2.05, 4.69) is 29.6 Å². The Morgan fingerprint density at radius 3 is 2.47 bits per heavy atom. The molecule has 0 spiro atoms. The zero-order valence-corrected chi connectivity index (χ0v) is 25.7. The fourth-order valence-electron chi connectivity index (χ4n) is 3.24. The molecule has 3 aromatic rings. The normalized spacial score (nSPS) is 12.8.